The van der Waals surface area contributed by atoms with Gasteiger partial charge in [-0.05, 0) is 40.0 Å². The summed E-state index contributed by atoms with van der Waals surface area (Å²) in [6.07, 6.45) is 7.09. The van der Waals surface area contributed by atoms with E-state index in [2.05, 4.69) is 35.8 Å². The third-order valence-corrected chi connectivity index (χ3v) is 3.80. The zero-order valence-electron chi connectivity index (χ0n) is 15.6. The molecule has 0 atom stereocenters. The van der Waals surface area contributed by atoms with Crippen LogP contribution in [0, 0.1) is 0 Å². The van der Waals surface area contributed by atoms with E-state index < -0.39 is 0 Å². The first kappa shape index (κ1) is 21.5. The molecule has 0 rings (SSSR count). The molecule has 5 heteroatoms. The molecule has 0 aliphatic carbocycles. The fraction of sp³-hybridized carbons (Fsp3) is 0.778. The molecule has 0 aromatic heterocycles. The zero-order valence-corrected chi connectivity index (χ0v) is 15.6. The average Bonchev–Trinajstić information content (AvgIpc) is 2.54. The summed E-state index contributed by atoms with van der Waals surface area (Å²) in [5.41, 5.74) is 0. The average molecular weight is 325 g/mol. The molecule has 0 aromatic rings. The Hall–Kier alpha value is -1.52. The lowest BCUT2D eigenvalue weighted by Gasteiger charge is -2.22. The molecule has 0 aliphatic heterocycles. The van der Waals surface area contributed by atoms with E-state index in [1.807, 2.05) is 24.8 Å². The van der Waals surface area contributed by atoms with E-state index in [9.17, 15) is 4.79 Å². The molecule has 0 radical (unpaired) electrons. The largest absolute Gasteiger partial charge is 0.357 e. The van der Waals surface area contributed by atoms with Crippen LogP contribution < -0.4 is 5.32 Å². The number of carbonyl (C=O) groups excluding carboxylic acids is 1. The van der Waals surface area contributed by atoms with Crippen molar-refractivity contribution in [2.75, 3.05) is 39.8 Å². The van der Waals surface area contributed by atoms with E-state index >= 15 is 0 Å². The third kappa shape index (κ3) is 9.97. The number of nitrogens with one attached hydrogen (secondary N) is 1. The van der Waals surface area contributed by atoms with Gasteiger partial charge in [-0.1, -0.05) is 12.5 Å². The Bertz CT molecular complexity index is 351. The number of aliphatic imine (C=N–C) groups is 1. The van der Waals surface area contributed by atoms with Crippen LogP contribution in [0.3, 0.4) is 0 Å². The molecule has 134 valence electrons. The molecule has 23 heavy (non-hydrogen) atoms. The van der Waals surface area contributed by atoms with Crippen molar-refractivity contribution < 1.29 is 4.79 Å². The van der Waals surface area contributed by atoms with Crippen LogP contribution in [-0.2, 0) is 4.79 Å². The second kappa shape index (κ2) is 14.1. The molecular weight excluding hydrogens is 288 g/mol. The maximum Gasteiger partial charge on any atom is 0.224 e. The summed E-state index contributed by atoms with van der Waals surface area (Å²) in [6, 6.07) is 0. The number of amides is 1. The van der Waals surface area contributed by atoms with Crippen LogP contribution in [-0.4, -0.2) is 61.4 Å². The third-order valence-electron chi connectivity index (χ3n) is 3.80. The van der Waals surface area contributed by atoms with Gasteiger partial charge in [0.1, 0.15) is 0 Å². The van der Waals surface area contributed by atoms with E-state index in [4.69, 9.17) is 0 Å². The van der Waals surface area contributed by atoms with Crippen LogP contribution in [0.25, 0.3) is 0 Å². The standard InChI is InChI=1S/C18H36N4O/c1-6-10-11-12-13-16-21(5)18(19-7-2)20-15-14-17(23)22(8-3)9-4/h6H,1,7-16H2,2-5H3,(H,19,20). The predicted molar refractivity (Wildman–Crippen MR) is 99.8 cm³/mol. The molecule has 0 bridgehead atoms. The van der Waals surface area contributed by atoms with Gasteiger partial charge < -0.3 is 15.1 Å². The number of hydrogen-bond acceptors (Lipinski definition) is 2. The fourth-order valence-corrected chi connectivity index (χ4v) is 2.38. The number of rotatable bonds is 12. The highest BCUT2D eigenvalue weighted by Gasteiger charge is 2.09. The summed E-state index contributed by atoms with van der Waals surface area (Å²) >= 11 is 0. The van der Waals surface area contributed by atoms with Crippen molar-refractivity contribution in [2.24, 2.45) is 4.99 Å². The highest BCUT2D eigenvalue weighted by Crippen LogP contribution is 2.02. The first-order valence-electron chi connectivity index (χ1n) is 8.98. The quantitative estimate of drug-likeness (QED) is 0.260. The summed E-state index contributed by atoms with van der Waals surface area (Å²) in [5, 5.41) is 3.30. The molecular formula is C18H36N4O. The van der Waals surface area contributed by atoms with Gasteiger partial charge in [0.15, 0.2) is 5.96 Å². The van der Waals surface area contributed by atoms with E-state index in [1.54, 1.807) is 0 Å². The zero-order chi connectivity index (χ0) is 17.5. The molecule has 0 heterocycles. The van der Waals surface area contributed by atoms with Crippen molar-refractivity contribution in [3.8, 4) is 0 Å². The van der Waals surface area contributed by atoms with Crippen LogP contribution in [0.4, 0.5) is 0 Å². The maximum atomic E-state index is 12.0. The second-order valence-corrected chi connectivity index (χ2v) is 5.61. The number of hydrogen-bond donors (Lipinski definition) is 1. The lowest BCUT2D eigenvalue weighted by molar-refractivity contribution is -0.130. The molecule has 0 fully saturated rings. The van der Waals surface area contributed by atoms with E-state index in [0.29, 0.717) is 13.0 Å². The Kier molecular flexibility index (Phi) is 13.2. The summed E-state index contributed by atoms with van der Waals surface area (Å²) in [6.45, 7) is 13.7. The fourth-order valence-electron chi connectivity index (χ4n) is 2.38. The number of carbonyl (C=O) groups is 1. The number of nitrogens with zero attached hydrogens (tertiary/aromatic N) is 3. The first-order chi connectivity index (χ1) is 11.1. The first-order valence-corrected chi connectivity index (χ1v) is 8.98. The van der Waals surface area contributed by atoms with Crippen LogP contribution in [0.2, 0.25) is 0 Å². The molecule has 0 aromatic carbocycles. The van der Waals surface area contributed by atoms with Crippen molar-refractivity contribution in [3.05, 3.63) is 12.7 Å². The van der Waals surface area contributed by atoms with Gasteiger partial charge in [-0.2, -0.15) is 0 Å². The Labute approximate surface area is 142 Å². The Morgan fingerprint density at radius 3 is 2.43 bits per heavy atom. The minimum absolute atomic E-state index is 0.182. The topological polar surface area (TPSA) is 47.9 Å². The molecule has 0 saturated heterocycles. The van der Waals surface area contributed by atoms with Crippen molar-refractivity contribution in [3.63, 3.8) is 0 Å². The van der Waals surface area contributed by atoms with Gasteiger partial charge >= 0.3 is 0 Å². The van der Waals surface area contributed by atoms with Crippen LogP contribution in [0.15, 0.2) is 17.6 Å². The van der Waals surface area contributed by atoms with Gasteiger partial charge in [-0.15, -0.1) is 6.58 Å². The summed E-state index contributed by atoms with van der Waals surface area (Å²) in [7, 11) is 2.06. The molecule has 0 saturated carbocycles. The van der Waals surface area contributed by atoms with Crippen LogP contribution in [0.5, 0.6) is 0 Å². The Morgan fingerprint density at radius 1 is 1.17 bits per heavy atom. The van der Waals surface area contributed by atoms with Gasteiger partial charge in [0.2, 0.25) is 5.91 Å². The van der Waals surface area contributed by atoms with Crippen molar-refractivity contribution in [1.29, 1.82) is 0 Å². The number of guanidine groups is 1. The van der Waals surface area contributed by atoms with Crippen molar-refractivity contribution in [1.82, 2.24) is 15.1 Å². The summed E-state index contributed by atoms with van der Waals surface area (Å²) in [4.78, 5) is 20.6. The lowest BCUT2D eigenvalue weighted by atomic mass is 10.2. The van der Waals surface area contributed by atoms with Gasteiger partial charge in [-0.25, -0.2) is 0 Å². The molecule has 0 aliphatic rings. The Morgan fingerprint density at radius 2 is 1.87 bits per heavy atom. The van der Waals surface area contributed by atoms with E-state index in [-0.39, 0.29) is 5.91 Å². The van der Waals surface area contributed by atoms with E-state index in [1.165, 1.54) is 12.8 Å². The Balaban J connectivity index is 4.29. The molecule has 1 N–H and O–H groups in total. The lowest BCUT2D eigenvalue weighted by Crippen LogP contribution is -2.39. The second-order valence-electron chi connectivity index (χ2n) is 5.61. The number of allylic oxidation sites excluding steroid dienone is 1. The van der Waals surface area contributed by atoms with Crippen molar-refractivity contribution >= 4 is 11.9 Å². The SMILES string of the molecule is C=CCCCCCN(C)C(=NCCC(=O)N(CC)CC)NCC. The highest BCUT2D eigenvalue weighted by molar-refractivity contribution is 5.80. The highest BCUT2D eigenvalue weighted by atomic mass is 16.2. The monoisotopic (exact) mass is 324 g/mol. The maximum absolute atomic E-state index is 12.0. The molecule has 5 nitrogen and oxygen atoms in total. The smallest absolute Gasteiger partial charge is 0.224 e. The minimum atomic E-state index is 0.182. The van der Waals surface area contributed by atoms with Gasteiger partial charge in [0.25, 0.3) is 0 Å². The van der Waals surface area contributed by atoms with Gasteiger partial charge in [0, 0.05) is 39.6 Å². The number of unbranched alkanes of at least 4 members (excludes halogenated alkanes) is 3. The van der Waals surface area contributed by atoms with Gasteiger partial charge in [-0.3, -0.25) is 9.79 Å². The summed E-state index contributed by atoms with van der Waals surface area (Å²) in [5.74, 6) is 1.07. The van der Waals surface area contributed by atoms with Gasteiger partial charge in [0.05, 0.1) is 6.54 Å². The summed E-state index contributed by atoms with van der Waals surface area (Å²) < 4.78 is 0. The minimum Gasteiger partial charge on any atom is -0.357 e. The molecule has 1 amide bonds. The predicted octanol–water partition coefficient (Wildman–Crippen LogP) is 2.89. The normalized spacial score (nSPS) is 11.2. The van der Waals surface area contributed by atoms with Crippen molar-refractivity contribution in [2.45, 2.75) is 52.9 Å². The van der Waals surface area contributed by atoms with Crippen LogP contribution in [0.1, 0.15) is 52.9 Å². The van der Waals surface area contributed by atoms with Crippen LogP contribution >= 0.6 is 0 Å². The van der Waals surface area contributed by atoms with E-state index in [0.717, 1.165) is 45.0 Å². The molecule has 0 unspecified atom stereocenters. The molecule has 0 spiro atoms.